The molecule has 19 heavy (non-hydrogen) atoms. The zero-order valence-electron chi connectivity index (χ0n) is 10.8. The van der Waals surface area contributed by atoms with E-state index >= 15 is 0 Å². The van der Waals surface area contributed by atoms with Crippen molar-refractivity contribution in [3.63, 3.8) is 0 Å². The van der Waals surface area contributed by atoms with E-state index in [1.165, 1.54) is 18.4 Å². The van der Waals surface area contributed by atoms with Gasteiger partial charge in [-0.15, -0.1) is 11.3 Å². The molecule has 0 amide bonds. The quantitative estimate of drug-likeness (QED) is 0.795. The highest BCUT2D eigenvalue weighted by molar-refractivity contribution is 7.13. The Morgan fingerprint density at radius 3 is 3.11 bits per heavy atom. The molecule has 0 unspecified atom stereocenters. The summed E-state index contributed by atoms with van der Waals surface area (Å²) < 4.78 is 6.24. The molecular weight excluding hydrogens is 266 g/mol. The number of aryl methyl sites for hydroxylation is 2. The molecule has 0 atom stereocenters. The number of nitrogens with zero attached hydrogens (tertiary/aromatic N) is 4. The van der Waals surface area contributed by atoms with Gasteiger partial charge in [-0.25, -0.2) is 9.97 Å². The summed E-state index contributed by atoms with van der Waals surface area (Å²) in [6.45, 7) is 0.533. The molecule has 2 aromatic heterocycles. The zero-order valence-corrected chi connectivity index (χ0v) is 11.6. The van der Waals surface area contributed by atoms with E-state index in [4.69, 9.17) is 0 Å². The molecule has 2 aromatic rings. The minimum atomic E-state index is -0.222. The highest BCUT2D eigenvalue weighted by atomic mass is 32.1. The fraction of sp³-hybridized carbons (Fsp3) is 0.455. The number of hydrogen-bond acceptors (Lipinski definition) is 7. The van der Waals surface area contributed by atoms with Crippen molar-refractivity contribution >= 4 is 22.4 Å². The van der Waals surface area contributed by atoms with Crippen molar-refractivity contribution in [1.82, 2.24) is 19.7 Å². The summed E-state index contributed by atoms with van der Waals surface area (Å²) in [6, 6.07) is 0. The van der Waals surface area contributed by atoms with Crippen molar-refractivity contribution in [2.24, 2.45) is 7.05 Å². The van der Waals surface area contributed by atoms with Crippen LogP contribution in [0, 0.1) is 0 Å². The van der Waals surface area contributed by atoms with Crippen LogP contribution in [-0.2, 0) is 29.5 Å². The number of esters is 1. The Bertz CT molecular complexity index is 551. The third-order valence-corrected chi connectivity index (χ3v) is 3.26. The van der Waals surface area contributed by atoms with Gasteiger partial charge in [0, 0.05) is 18.8 Å². The van der Waals surface area contributed by atoms with Crippen LogP contribution in [0.1, 0.15) is 17.9 Å². The highest BCUT2D eigenvalue weighted by Crippen LogP contribution is 2.17. The predicted octanol–water partition coefficient (Wildman–Crippen LogP) is 0.989. The number of ether oxygens (including phenoxy) is 1. The molecule has 102 valence electrons. The molecule has 0 bridgehead atoms. The van der Waals surface area contributed by atoms with Crippen LogP contribution < -0.4 is 5.32 Å². The summed E-state index contributed by atoms with van der Waals surface area (Å²) in [7, 11) is 3.21. The summed E-state index contributed by atoms with van der Waals surface area (Å²) in [5.74, 6) is 0.494. The lowest BCUT2D eigenvalue weighted by Crippen LogP contribution is -2.03. The number of rotatable bonds is 6. The largest absolute Gasteiger partial charge is 0.469 e. The summed E-state index contributed by atoms with van der Waals surface area (Å²) >= 11 is 1.50. The molecule has 0 saturated heterocycles. The molecule has 0 aromatic carbocycles. The number of nitrogens with one attached hydrogen (secondary N) is 1. The van der Waals surface area contributed by atoms with E-state index in [0.717, 1.165) is 10.8 Å². The third-order valence-electron chi connectivity index (χ3n) is 2.41. The average molecular weight is 281 g/mol. The van der Waals surface area contributed by atoms with Gasteiger partial charge in [-0.1, -0.05) is 0 Å². The van der Waals surface area contributed by atoms with Crippen molar-refractivity contribution in [3.05, 3.63) is 23.2 Å². The first-order valence-corrected chi connectivity index (χ1v) is 6.65. The van der Waals surface area contributed by atoms with Crippen molar-refractivity contribution in [1.29, 1.82) is 0 Å². The van der Waals surface area contributed by atoms with Gasteiger partial charge in [0.2, 0.25) is 0 Å². The van der Waals surface area contributed by atoms with Crippen molar-refractivity contribution in [2.75, 3.05) is 12.4 Å². The molecule has 0 aliphatic carbocycles. The Morgan fingerprint density at radius 1 is 1.58 bits per heavy atom. The van der Waals surface area contributed by atoms with Crippen molar-refractivity contribution in [3.8, 4) is 0 Å². The molecule has 1 N–H and O–H groups in total. The van der Waals surface area contributed by atoms with E-state index in [1.54, 1.807) is 11.0 Å². The second-order valence-corrected chi connectivity index (χ2v) is 4.77. The van der Waals surface area contributed by atoms with Gasteiger partial charge in [-0.2, -0.15) is 5.10 Å². The Kier molecular flexibility index (Phi) is 4.45. The van der Waals surface area contributed by atoms with Crippen molar-refractivity contribution in [2.45, 2.75) is 19.4 Å². The summed E-state index contributed by atoms with van der Waals surface area (Å²) in [4.78, 5) is 19.5. The van der Waals surface area contributed by atoms with E-state index in [9.17, 15) is 4.79 Å². The molecule has 2 rings (SSSR count). The Hall–Kier alpha value is -1.96. The number of carbonyl (C=O) groups is 1. The lowest BCUT2D eigenvalue weighted by Gasteiger charge is -1.98. The third kappa shape index (κ3) is 4.02. The van der Waals surface area contributed by atoms with Gasteiger partial charge in [0.05, 0.1) is 25.8 Å². The molecular formula is C11H15N5O2S. The first-order chi connectivity index (χ1) is 9.17. The molecule has 0 saturated carbocycles. The van der Waals surface area contributed by atoms with E-state index in [0.29, 0.717) is 25.2 Å². The lowest BCUT2D eigenvalue weighted by molar-refractivity contribution is -0.140. The van der Waals surface area contributed by atoms with E-state index in [1.807, 2.05) is 12.4 Å². The van der Waals surface area contributed by atoms with Crippen LogP contribution in [0.25, 0.3) is 0 Å². The summed E-state index contributed by atoms with van der Waals surface area (Å²) in [5.41, 5.74) is 0.881. The van der Waals surface area contributed by atoms with Gasteiger partial charge >= 0.3 is 5.97 Å². The fourth-order valence-electron chi connectivity index (χ4n) is 1.45. The van der Waals surface area contributed by atoms with Crippen LogP contribution >= 0.6 is 11.3 Å². The fourth-order valence-corrected chi connectivity index (χ4v) is 2.20. The predicted molar refractivity (Wildman–Crippen MR) is 70.8 cm³/mol. The van der Waals surface area contributed by atoms with Gasteiger partial charge in [-0.05, 0) is 0 Å². The second-order valence-electron chi connectivity index (χ2n) is 3.91. The standard InChI is InChI=1S/C11H15N5O2S/c1-16-7-13-9(15-16)5-12-11-14-8(6-19-11)3-4-10(17)18-2/h6-7H,3-5H2,1-2H3,(H,12,14). The molecule has 0 fully saturated rings. The van der Waals surface area contributed by atoms with Gasteiger partial charge < -0.3 is 10.1 Å². The van der Waals surface area contributed by atoms with Gasteiger partial charge in [-0.3, -0.25) is 9.48 Å². The minimum absolute atomic E-state index is 0.222. The monoisotopic (exact) mass is 281 g/mol. The maximum atomic E-state index is 11.0. The average Bonchev–Trinajstić information content (AvgIpc) is 3.02. The highest BCUT2D eigenvalue weighted by Gasteiger charge is 2.06. The number of carbonyl (C=O) groups excluding carboxylic acids is 1. The van der Waals surface area contributed by atoms with Crippen LogP contribution in [0.4, 0.5) is 5.13 Å². The van der Waals surface area contributed by atoms with E-state index < -0.39 is 0 Å². The molecule has 0 aliphatic heterocycles. The second kappa shape index (κ2) is 6.28. The van der Waals surface area contributed by atoms with E-state index in [-0.39, 0.29) is 5.97 Å². The van der Waals surface area contributed by atoms with Crippen LogP contribution in [0.15, 0.2) is 11.7 Å². The molecule has 2 heterocycles. The normalized spacial score (nSPS) is 10.4. The molecule has 0 aliphatic rings. The summed E-state index contributed by atoms with van der Waals surface area (Å²) in [5, 5.41) is 10.0. The number of aromatic nitrogens is 4. The van der Waals surface area contributed by atoms with Gasteiger partial charge in [0.15, 0.2) is 11.0 Å². The van der Waals surface area contributed by atoms with Gasteiger partial charge in [0.25, 0.3) is 0 Å². The SMILES string of the molecule is COC(=O)CCc1csc(NCc2ncn(C)n2)n1. The number of thiazole rings is 1. The smallest absolute Gasteiger partial charge is 0.305 e. The van der Waals surface area contributed by atoms with Crippen LogP contribution in [-0.4, -0.2) is 32.8 Å². The topological polar surface area (TPSA) is 81.9 Å². The first kappa shape index (κ1) is 13.5. The van der Waals surface area contributed by atoms with Crippen LogP contribution in [0.3, 0.4) is 0 Å². The zero-order chi connectivity index (χ0) is 13.7. The Labute approximate surface area is 114 Å². The van der Waals surface area contributed by atoms with Gasteiger partial charge in [0.1, 0.15) is 6.33 Å². The maximum absolute atomic E-state index is 11.0. The Balaban J connectivity index is 1.82. The van der Waals surface area contributed by atoms with E-state index in [2.05, 4.69) is 25.1 Å². The molecule has 7 nitrogen and oxygen atoms in total. The van der Waals surface area contributed by atoms with Crippen molar-refractivity contribution < 1.29 is 9.53 Å². The number of anilines is 1. The molecule has 8 heteroatoms. The maximum Gasteiger partial charge on any atom is 0.305 e. The summed E-state index contributed by atoms with van der Waals surface area (Å²) in [6.07, 6.45) is 2.59. The minimum Gasteiger partial charge on any atom is -0.469 e. The molecule has 0 spiro atoms. The number of hydrogen-bond donors (Lipinski definition) is 1. The lowest BCUT2D eigenvalue weighted by atomic mass is 10.2. The first-order valence-electron chi connectivity index (χ1n) is 5.77. The van der Waals surface area contributed by atoms with Crippen LogP contribution in [0.5, 0.6) is 0 Å². The molecule has 0 radical (unpaired) electrons. The Morgan fingerprint density at radius 2 is 2.42 bits per heavy atom. The van der Waals surface area contributed by atoms with Crippen LogP contribution in [0.2, 0.25) is 0 Å². The number of methoxy groups -OCH3 is 1.